The fourth-order valence-electron chi connectivity index (χ4n) is 2.28. The van der Waals surface area contributed by atoms with Crippen molar-refractivity contribution in [1.29, 1.82) is 0 Å². The van der Waals surface area contributed by atoms with Crippen molar-refractivity contribution < 1.29 is 4.52 Å². The number of nitrogens with zero attached hydrogens (tertiary/aromatic N) is 3. The monoisotopic (exact) mass is 309 g/mol. The van der Waals surface area contributed by atoms with Crippen molar-refractivity contribution in [3.63, 3.8) is 0 Å². The minimum atomic E-state index is 0.514. The first-order valence-electron chi connectivity index (χ1n) is 6.57. The number of rotatable bonds is 3. The van der Waals surface area contributed by atoms with Crippen LogP contribution in [0.25, 0.3) is 21.9 Å². The van der Waals surface area contributed by atoms with E-state index >= 15 is 0 Å². The van der Waals surface area contributed by atoms with Crippen molar-refractivity contribution in [3.05, 3.63) is 48.8 Å². The lowest BCUT2D eigenvalue weighted by molar-refractivity contribution is 0.456. The van der Waals surface area contributed by atoms with Gasteiger partial charge in [-0.3, -0.25) is 5.14 Å². The van der Waals surface area contributed by atoms with Gasteiger partial charge in [0.1, 0.15) is 0 Å². The maximum atomic E-state index is 5.58. The number of benzene rings is 2. The van der Waals surface area contributed by atoms with Crippen LogP contribution in [0, 0.1) is 0 Å². The molecule has 6 nitrogen and oxygen atoms in total. The van der Waals surface area contributed by atoms with E-state index < -0.39 is 0 Å². The SMILES string of the molecule is NSc1cccc(Nc2ncc3ccc4oncc4c3n2)c1. The number of hydrogen-bond donors (Lipinski definition) is 2. The lowest BCUT2D eigenvalue weighted by Gasteiger charge is -2.07. The smallest absolute Gasteiger partial charge is 0.227 e. The fraction of sp³-hybridized carbons (Fsp3) is 0. The molecule has 0 aliphatic carbocycles. The summed E-state index contributed by atoms with van der Waals surface area (Å²) in [5.74, 6) is 0.514. The molecule has 0 bridgehead atoms. The van der Waals surface area contributed by atoms with Crippen molar-refractivity contribution in [3.8, 4) is 0 Å². The molecule has 0 saturated carbocycles. The summed E-state index contributed by atoms with van der Waals surface area (Å²) in [4.78, 5) is 9.87. The number of fused-ring (bicyclic) bond motifs is 3. The highest BCUT2D eigenvalue weighted by Gasteiger charge is 2.07. The summed E-state index contributed by atoms with van der Waals surface area (Å²) < 4.78 is 5.17. The third-order valence-electron chi connectivity index (χ3n) is 3.31. The van der Waals surface area contributed by atoms with Crippen LogP contribution in [0.1, 0.15) is 0 Å². The van der Waals surface area contributed by atoms with Gasteiger partial charge in [0, 0.05) is 22.2 Å². The molecule has 0 aliphatic rings. The minimum absolute atomic E-state index is 0.514. The highest BCUT2D eigenvalue weighted by molar-refractivity contribution is 7.97. The molecular weight excluding hydrogens is 298 g/mol. The Hall–Kier alpha value is -2.64. The van der Waals surface area contributed by atoms with Gasteiger partial charge in [-0.2, -0.15) is 0 Å². The molecule has 0 radical (unpaired) electrons. The van der Waals surface area contributed by atoms with Gasteiger partial charge in [-0.05, 0) is 42.3 Å². The predicted octanol–water partition coefficient (Wildman–Crippen LogP) is 3.48. The zero-order valence-corrected chi connectivity index (χ0v) is 12.2. The van der Waals surface area contributed by atoms with Crippen LogP contribution in [0.2, 0.25) is 0 Å². The Kier molecular flexibility index (Phi) is 3.14. The molecule has 0 atom stereocenters. The Bertz CT molecular complexity index is 968. The van der Waals surface area contributed by atoms with Crippen LogP contribution in [-0.2, 0) is 0 Å². The van der Waals surface area contributed by atoms with Crippen molar-refractivity contribution in [2.45, 2.75) is 4.90 Å². The summed E-state index contributed by atoms with van der Waals surface area (Å²) in [6.45, 7) is 0. The predicted molar refractivity (Wildman–Crippen MR) is 86.9 cm³/mol. The largest absolute Gasteiger partial charge is 0.356 e. The summed E-state index contributed by atoms with van der Waals surface area (Å²) in [6.07, 6.45) is 3.44. The van der Waals surface area contributed by atoms with Gasteiger partial charge in [-0.15, -0.1) is 0 Å². The first-order valence-corrected chi connectivity index (χ1v) is 7.45. The van der Waals surface area contributed by atoms with Crippen LogP contribution in [-0.4, -0.2) is 15.1 Å². The van der Waals surface area contributed by atoms with E-state index in [4.69, 9.17) is 9.66 Å². The summed E-state index contributed by atoms with van der Waals surface area (Å²) >= 11 is 1.20. The first kappa shape index (κ1) is 13.1. The maximum Gasteiger partial charge on any atom is 0.227 e. The van der Waals surface area contributed by atoms with E-state index in [1.54, 1.807) is 12.4 Å². The normalized spacial score (nSPS) is 11.1. The molecule has 2 aromatic heterocycles. The molecule has 3 N–H and O–H groups in total. The number of nitrogens with one attached hydrogen (secondary N) is 1. The minimum Gasteiger partial charge on any atom is -0.356 e. The molecule has 2 aromatic carbocycles. The van der Waals surface area contributed by atoms with Gasteiger partial charge in [0.05, 0.1) is 17.1 Å². The number of nitrogens with two attached hydrogens (primary N) is 1. The summed E-state index contributed by atoms with van der Waals surface area (Å²) in [5, 5.41) is 14.4. The van der Waals surface area contributed by atoms with Gasteiger partial charge in [-0.1, -0.05) is 11.2 Å². The molecule has 7 heteroatoms. The molecule has 4 rings (SSSR count). The highest BCUT2D eigenvalue weighted by atomic mass is 32.2. The number of anilines is 2. The second-order valence-corrected chi connectivity index (χ2v) is 5.41. The van der Waals surface area contributed by atoms with Crippen LogP contribution in [0.15, 0.2) is 58.2 Å². The topological polar surface area (TPSA) is 89.9 Å². The van der Waals surface area contributed by atoms with E-state index in [1.165, 1.54) is 11.9 Å². The van der Waals surface area contributed by atoms with Crippen molar-refractivity contribution in [1.82, 2.24) is 15.1 Å². The summed E-state index contributed by atoms with van der Waals surface area (Å²) in [6, 6.07) is 11.5. The molecule has 0 aliphatic heterocycles. The van der Waals surface area contributed by atoms with Gasteiger partial charge < -0.3 is 9.84 Å². The Morgan fingerprint density at radius 3 is 3.00 bits per heavy atom. The molecule has 0 fully saturated rings. The van der Waals surface area contributed by atoms with Gasteiger partial charge in [-0.25, -0.2) is 9.97 Å². The molecule has 0 spiro atoms. The van der Waals surface area contributed by atoms with Crippen LogP contribution >= 0.6 is 11.9 Å². The molecule has 0 saturated heterocycles. The Balaban J connectivity index is 1.78. The molecule has 0 unspecified atom stereocenters. The second-order valence-electron chi connectivity index (χ2n) is 4.71. The van der Waals surface area contributed by atoms with Gasteiger partial charge in [0.2, 0.25) is 5.95 Å². The van der Waals surface area contributed by atoms with Crippen LogP contribution in [0.4, 0.5) is 11.6 Å². The first-order chi connectivity index (χ1) is 10.8. The molecule has 2 heterocycles. The third-order valence-corrected chi connectivity index (χ3v) is 3.84. The van der Waals surface area contributed by atoms with E-state index in [9.17, 15) is 0 Å². The third kappa shape index (κ3) is 2.26. The number of aromatic nitrogens is 3. The molecule has 0 amide bonds. The van der Waals surface area contributed by atoms with E-state index in [0.29, 0.717) is 11.5 Å². The van der Waals surface area contributed by atoms with Gasteiger partial charge >= 0.3 is 0 Å². The Labute approximate surface area is 129 Å². The van der Waals surface area contributed by atoms with E-state index in [1.807, 2.05) is 36.4 Å². The standard InChI is InChI=1S/C15H11N5OS/c16-22-11-3-1-2-10(6-11)19-15-17-7-9-4-5-13-12(8-18-21-13)14(9)20-15/h1-8H,16H2,(H,17,19,20). The summed E-state index contributed by atoms with van der Waals surface area (Å²) in [5.41, 5.74) is 2.39. The van der Waals surface area contributed by atoms with Crippen LogP contribution in [0.5, 0.6) is 0 Å². The Morgan fingerprint density at radius 2 is 2.09 bits per heavy atom. The Morgan fingerprint density at radius 1 is 1.14 bits per heavy atom. The highest BCUT2D eigenvalue weighted by Crippen LogP contribution is 2.25. The van der Waals surface area contributed by atoms with Crippen LogP contribution in [0.3, 0.4) is 0 Å². The molecule has 4 aromatic rings. The fourth-order valence-corrected chi connectivity index (χ4v) is 2.63. The lowest BCUT2D eigenvalue weighted by Crippen LogP contribution is -1.97. The average Bonchev–Trinajstić information content (AvgIpc) is 3.04. The zero-order valence-electron chi connectivity index (χ0n) is 11.4. The maximum absolute atomic E-state index is 5.58. The number of hydrogen-bond acceptors (Lipinski definition) is 7. The van der Waals surface area contributed by atoms with Gasteiger partial charge in [0.25, 0.3) is 0 Å². The molecule has 22 heavy (non-hydrogen) atoms. The lowest BCUT2D eigenvalue weighted by atomic mass is 10.2. The second kappa shape index (κ2) is 5.28. The van der Waals surface area contributed by atoms with E-state index in [2.05, 4.69) is 20.4 Å². The quantitative estimate of drug-likeness (QED) is 0.560. The molecule has 108 valence electrons. The zero-order chi connectivity index (χ0) is 14.9. The van der Waals surface area contributed by atoms with Gasteiger partial charge in [0.15, 0.2) is 5.58 Å². The van der Waals surface area contributed by atoms with E-state index in [-0.39, 0.29) is 0 Å². The van der Waals surface area contributed by atoms with Crippen molar-refractivity contribution >= 4 is 45.5 Å². The van der Waals surface area contributed by atoms with Crippen molar-refractivity contribution in [2.75, 3.05) is 5.32 Å². The average molecular weight is 309 g/mol. The summed E-state index contributed by atoms with van der Waals surface area (Å²) in [7, 11) is 0. The van der Waals surface area contributed by atoms with E-state index in [0.717, 1.165) is 26.9 Å². The molecular formula is C15H11N5OS. The van der Waals surface area contributed by atoms with Crippen LogP contribution < -0.4 is 10.5 Å². The van der Waals surface area contributed by atoms with Crippen molar-refractivity contribution in [2.24, 2.45) is 5.14 Å².